The second-order valence-electron chi connectivity index (χ2n) is 5.13. The summed E-state index contributed by atoms with van der Waals surface area (Å²) in [6.45, 7) is 5.02. The molecule has 0 heterocycles. The molecule has 106 valence electrons. The van der Waals surface area contributed by atoms with Gasteiger partial charge in [-0.15, -0.1) is 0 Å². The van der Waals surface area contributed by atoms with Crippen molar-refractivity contribution >= 4 is 15.9 Å². The molecule has 0 saturated carbocycles. The van der Waals surface area contributed by atoms with Gasteiger partial charge < -0.3 is 10.5 Å². The summed E-state index contributed by atoms with van der Waals surface area (Å²) in [6.07, 6.45) is 0.877. The van der Waals surface area contributed by atoms with Gasteiger partial charge in [0, 0.05) is 0 Å². The Labute approximate surface area is 129 Å². The highest BCUT2D eigenvalue weighted by atomic mass is 79.9. The molecule has 20 heavy (non-hydrogen) atoms. The zero-order valence-electron chi connectivity index (χ0n) is 11.9. The number of nitrogens with two attached hydrogens (primary N) is 1. The summed E-state index contributed by atoms with van der Waals surface area (Å²) in [5.41, 5.74) is 8.09. The summed E-state index contributed by atoms with van der Waals surface area (Å²) in [4.78, 5) is 0. The molecule has 2 aromatic carbocycles. The van der Waals surface area contributed by atoms with Gasteiger partial charge in [0.05, 0.1) is 4.47 Å². The van der Waals surface area contributed by atoms with E-state index in [-0.39, 0.29) is 0 Å². The predicted octanol–water partition coefficient (Wildman–Crippen LogP) is 4.87. The SMILES string of the molecule is CC(C)c1ccc(Oc2ccc(CCN)cc2Br)cc1. The fraction of sp³-hybridized carbons (Fsp3) is 0.294. The minimum atomic E-state index is 0.534. The van der Waals surface area contributed by atoms with Crippen molar-refractivity contribution in [2.45, 2.75) is 26.2 Å². The van der Waals surface area contributed by atoms with Crippen LogP contribution in [0.5, 0.6) is 11.5 Å². The summed E-state index contributed by atoms with van der Waals surface area (Å²) in [6, 6.07) is 14.3. The number of halogens is 1. The number of hydrogen-bond acceptors (Lipinski definition) is 2. The number of benzene rings is 2. The first-order chi connectivity index (χ1) is 9.60. The molecule has 0 bridgehead atoms. The van der Waals surface area contributed by atoms with Gasteiger partial charge in [-0.2, -0.15) is 0 Å². The van der Waals surface area contributed by atoms with Gasteiger partial charge in [-0.05, 0) is 70.2 Å². The topological polar surface area (TPSA) is 35.2 Å². The molecule has 0 fully saturated rings. The molecule has 0 radical (unpaired) electrons. The van der Waals surface area contributed by atoms with Gasteiger partial charge in [-0.1, -0.05) is 32.0 Å². The molecule has 2 aromatic rings. The lowest BCUT2D eigenvalue weighted by atomic mass is 10.0. The van der Waals surface area contributed by atoms with Crippen LogP contribution in [0.15, 0.2) is 46.9 Å². The molecule has 0 aliphatic heterocycles. The Morgan fingerprint density at radius 3 is 2.35 bits per heavy atom. The van der Waals surface area contributed by atoms with Gasteiger partial charge in [-0.25, -0.2) is 0 Å². The normalized spacial score (nSPS) is 10.8. The quantitative estimate of drug-likeness (QED) is 0.847. The van der Waals surface area contributed by atoms with Crippen molar-refractivity contribution < 1.29 is 4.74 Å². The van der Waals surface area contributed by atoms with E-state index in [1.165, 1.54) is 11.1 Å². The summed E-state index contributed by atoms with van der Waals surface area (Å²) in [7, 11) is 0. The van der Waals surface area contributed by atoms with Crippen LogP contribution < -0.4 is 10.5 Å². The molecule has 0 saturated heterocycles. The molecule has 0 aromatic heterocycles. The monoisotopic (exact) mass is 333 g/mol. The van der Waals surface area contributed by atoms with Crippen LogP contribution >= 0.6 is 15.9 Å². The molecule has 2 rings (SSSR count). The highest BCUT2D eigenvalue weighted by Gasteiger charge is 2.05. The minimum Gasteiger partial charge on any atom is -0.456 e. The second-order valence-corrected chi connectivity index (χ2v) is 5.98. The van der Waals surface area contributed by atoms with Gasteiger partial charge >= 0.3 is 0 Å². The molecule has 0 unspecified atom stereocenters. The lowest BCUT2D eigenvalue weighted by molar-refractivity contribution is 0.479. The van der Waals surface area contributed by atoms with Crippen LogP contribution in [0.1, 0.15) is 30.9 Å². The zero-order valence-corrected chi connectivity index (χ0v) is 13.5. The van der Waals surface area contributed by atoms with Crippen LogP contribution in [0.3, 0.4) is 0 Å². The predicted molar refractivity (Wildman–Crippen MR) is 87.5 cm³/mol. The average Bonchev–Trinajstić information content (AvgIpc) is 2.43. The van der Waals surface area contributed by atoms with Crippen LogP contribution in [0.4, 0.5) is 0 Å². The van der Waals surface area contributed by atoms with Crippen molar-refractivity contribution in [1.82, 2.24) is 0 Å². The maximum atomic E-state index is 5.90. The summed E-state index contributed by atoms with van der Waals surface area (Å²) in [5.74, 6) is 2.20. The molecule has 0 spiro atoms. The number of rotatable bonds is 5. The van der Waals surface area contributed by atoms with Crippen molar-refractivity contribution in [2.75, 3.05) is 6.54 Å². The summed E-state index contributed by atoms with van der Waals surface area (Å²) < 4.78 is 6.85. The molecule has 3 heteroatoms. The third-order valence-electron chi connectivity index (χ3n) is 3.20. The summed E-state index contributed by atoms with van der Waals surface area (Å²) in [5, 5.41) is 0. The Morgan fingerprint density at radius 2 is 1.80 bits per heavy atom. The Balaban J connectivity index is 2.13. The number of hydrogen-bond donors (Lipinski definition) is 1. The first-order valence-corrected chi connectivity index (χ1v) is 7.65. The first-order valence-electron chi connectivity index (χ1n) is 6.86. The third kappa shape index (κ3) is 3.84. The van der Waals surface area contributed by atoms with E-state index in [0.29, 0.717) is 12.5 Å². The largest absolute Gasteiger partial charge is 0.456 e. The van der Waals surface area contributed by atoms with Crippen molar-refractivity contribution in [1.29, 1.82) is 0 Å². The van der Waals surface area contributed by atoms with E-state index in [0.717, 1.165) is 22.4 Å². The van der Waals surface area contributed by atoms with Crippen LogP contribution in [0.2, 0.25) is 0 Å². The van der Waals surface area contributed by atoms with Crippen LogP contribution in [0.25, 0.3) is 0 Å². The highest BCUT2D eigenvalue weighted by Crippen LogP contribution is 2.31. The van der Waals surface area contributed by atoms with E-state index < -0.39 is 0 Å². The third-order valence-corrected chi connectivity index (χ3v) is 3.82. The lowest BCUT2D eigenvalue weighted by Crippen LogP contribution is -2.02. The van der Waals surface area contributed by atoms with Crippen molar-refractivity contribution in [3.05, 3.63) is 58.1 Å². The Morgan fingerprint density at radius 1 is 1.10 bits per heavy atom. The molecule has 2 N–H and O–H groups in total. The molecular weight excluding hydrogens is 314 g/mol. The Bertz CT molecular complexity index is 564. The Kier molecular flexibility index (Phi) is 5.21. The smallest absolute Gasteiger partial charge is 0.141 e. The Hall–Kier alpha value is -1.32. The van der Waals surface area contributed by atoms with Crippen LogP contribution in [0, 0.1) is 0 Å². The zero-order chi connectivity index (χ0) is 14.5. The molecule has 0 atom stereocenters. The standard InChI is InChI=1S/C17H20BrNO/c1-12(2)14-4-6-15(7-5-14)20-17-8-3-13(9-10-19)11-16(17)18/h3-8,11-12H,9-10,19H2,1-2H3. The fourth-order valence-corrected chi connectivity index (χ4v) is 2.50. The van der Waals surface area contributed by atoms with Gasteiger partial charge in [0.2, 0.25) is 0 Å². The molecule has 0 aliphatic carbocycles. The van der Waals surface area contributed by atoms with E-state index in [4.69, 9.17) is 10.5 Å². The fourth-order valence-electron chi connectivity index (χ4n) is 2.00. The lowest BCUT2D eigenvalue weighted by Gasteiger charge is -2.11. The van der Waals surface area contributed by atoms with Gasteiger partial charge in [0.25, 0.3) is 0 Å². The van der Waals surface area contributed by atoms with E-state index in [9.17, 15) is 0 Å². The molecule has 2 nitrogen and oxygen atoms in total. The average molecular weight is 334 g/mol. The molecule has 0 aliphatic rings. The van der Waals surface area contributed by atoms with Crippen LogP contribution in [-0.4, -0.2) is 6.54 Å². The highest BCUT2D eigenvalue weighted by molar-refractivity contribution is 9.10. The van der Waals surface area contributed by atoms with E-state index >= 15 is 0 Å². The van der Waals surface area contributed by atoms with E-state index in [1.807, 2.05) is 18.2 Å². The summed E-state index contributed by atoms with van der Waals surface area (Å²) >= 11 is 3.55. The van der Waals surface area contributed by atoms with E-state index in [1.54, 1.807) is 0 Å². The number of ether oxygens (including phenoxy) is 1. The van der Waals surface area contributed by atoms with Crippen molar-refractivity contribution in [2.24, 2.45) is 5.73 Å². The molecule has 0 amide bonds. The van der Waals surface area contributed by atoms with E-state index in [2.05, 4.69) is 54.0 Å². The maximum absolute atomic E-state index is 5.90. The van der Waals surface area contributed by atoms with Gasteiger partial charge in [0.1, 0.15) is 11.5 Å². The second kappa shape index (κ2) is 6.91. The molecular formula is C17H20BrNO. The van der Waals surface area contributed by atoms with Crippen LogP contribution in [-0.2, 0) is 6.42 Å². The minimum absolute atomic E-state index is 0.534. The van der Waals surface area contributed by atoms with Crippen molar-refractivity contribution in [3.8, 4) is 11.5 Å². The van der Waals surface area contributed by atoms with Gasteiger partial charge in [0.15, 0.2) is 0 Å². The van der Waals surface area contributed by atoms with Crippen molar-refractivity contribution in [3.63, 3.8) is 0 Å². The maximum Gasteiger partial charge on any atom is 0.141 e. The van der Waals surface area contributed by atoms with Gasteiger partial charge in [-0.3, -0.25) is 0 Å². The first kappa shape index (κ1) is 15.1.